The molecule has 1 aliphatic carbocycles. The van der Waals surface area contributed by atoms with Crippen LogP contribution in [0.5, 0.6) is 0 Å². The highest BCUT2D eigenvalue weighted by Crippen LogP contribution is 2.68. The fourth-order valence-electron chi connectivity index (χ4n) is 3.43. The Hall–Kier alpha value is -1.95. The van der Waals surface area contributed by atoms with E-state index in [2.05, 4.69) is 4.98 Å². The van der Waals surface area contributed by atoms with Crippen molar-refractivity contribution in [2.24, 2.45) is 10.8 Å². The lowest BCUT2D eigenvalue weighted by molar-refractivity contribution is -0.151. The summed E-state index contributed by atoms with van der Waals surface area (Å²) in [6.45, 7) is 2.95. The number of hydrogen-bond donors (Lipinski definition) is 2. The first kappa shape index (κ1) is 13.1. The van der Waals surface area contributed by atoms with E-state index in [0.717, 1.165) is 11.4 Å². The number of carboxylic acids is 2. The zero-order valence-corrected chi connectivity index (χ0v) is 11.2. The largest absolute Gasteiger partial charge is 0.481 e. The van der Waals surface area contributed by atoms with Gasteiger partial charge in [-0.25, -0.2) is 0 Å². The molecule has 0 radical (unpaired) electrons. The van der Waals surface area contributed by atoms with Crippen LogP contribution in [0.1, 0.15) is 17.8 Å². The third-order valence-electron chi connectivity index (χ3n) is 4.53. The Kier molecular flexibility index (Phi) is 2.62. The zero-order valence-electron chi connectivity index (χ0n) is 11.2. The van der Waals surface area contributed by atoms with E-state index in [9.17, 15) is 19.8 Å². The van der Waals surface area contributed by atoms with Crippen molar-refractivity contribution >= 4 is 11.9 Å². The Balaban J connectivity index is 1.79. The van der Waals surface area contributed by atoms with Crippen LogP contribution in [0.15, 0.2) is 18.2 Å². The number of carbonyl (C=O) groups is 2. The second-order valence-electron chi connectivity index (χ2n) is 5.87. The number of carboxylic acid groups (broad SMARTS) is 2. The van der Waals surface area contributed by atoms with Gasteiger partial charge in [-0.05, 0) is 25.5 Å². The first-order chi connectivity index (χ1) is 9.39. The number of likely N-dealkylation sites (tertiary alicyclic amines) is 1. The number of piperidine rings is 1. The Morgan fingerprint density at radius 3 is 2.35 bits per heavy atom. The van der Waals surface area contributed by atoms with Crippen LogP contribution in [0, 0.1) is 17.8 Å². The predicted molar refractivity (Wildman–Crippen MR) is 69.0 cm³/mol. The van der Waals surface area contributed by atoms with Crippen LogP contribution in [0.25, 0.3) is 0 Å². The maximum atomic E-state index is 11.4. The van der Waals surface area contributed by atoms with Crippen LogP contribution in [0.3, 0.4) is 0 Å². The molecule has 20 heavy (non-hydrogen) atoms. The smallest absolute Gasteiger partial charge is 0.312 e. The van der Waals surface area contributed by atoms with Crippen LogP contribution in [-0.2, 0) is 16.1 Å². The highest BCUT2D eigenvalue weighted by Gasteiger charge is 2.80. The molecule has 1 aromatic rings. The summed E-state index contributed by atoms with van der Waals surface area (Å²) >= 11 is 0. The fraction of sp³-hybridized carbons (Fsp3) is 0.500. The van der Waals surface area contributed by atoms with Gasteiger partial charge in [0.2, 0.25) is 0 Å². The van der Waals surface area contributed by atoms with Gasteiger partial charge in [0.25, 0.3) is 0 Å². The summed E-state index contributed by atoms with van der Waals surface area (Å²) in [5.41, 5.74) is -0.481. The number of aromatic nitrogens is 1. The summed E-state index contributed by atoms with van der Waals surface area (Å²) < 4.78 is 0. The highest BCUT2D eigenvalue weighted by molar-refractivity contribution is 5.94. The van der Waals surface area contributed by atoms with E-state index < -0.39 is 22.8 Å². The van der Waals surface area contributed by atoms with E-state index in [0.29, 0.717) is 6.54 Å². The predicted octanol–water partition coefficient (Wildman–Crippen LogP) is 0.751. The molecule has 6 nitrogen and oxygen atoms in total. The van der Waals surface area contributed by atoms with Crippen molar-refractivity contribution in [1.82, 2.24) is 9.88 Å². The van der Waals surface area contributed by atoms with Crippen LogP contribution >= 0.6 is 0 Å². The van der Waals surface area contributed by atoms with Crippen molar-refractivity contribution < 1.29 is 19.8 Å². The number of nitrogens with zero attached hydrogens (tertiary/aromatic N) is 2. The summed E-state index contributed by atoms with van der Waals surface area (Å²) in [6, 6.07) is 5.66. The van der Waals surface area contributed by atoms with Gasteiger partial charge >= 0.3 is 11.9 Å². The number of fused-ring (bicyclic) bond motifs is 1. The lowest BCUT2D eigenvalue weighted by Crippen LogP contribution is -2.28. The van der Waals surface area contributed by atoms with E-state index in [1.807, 2.05) is 30.0 Å². The van der Waals surface area contributed by atoms with Gasteiger partial charge in [0.05, 0.1) is 16.5 Å². The minimum absolute atomic E-state index is 0.239. The Morgan fingerprint density at radius 1 is 1.25 bits per heavy atom. The minimum Gasteiger partial charge on any atom is -0.481 e. The molecule has 6 heteroatoms. The molecule has 0 bridgehead atoms. The number of aryl methyl sites for hydroxylation is 1. The topological polar surface area (TPSA) is 90.7 Å². The van der Waals surface area contributed by atoms with E-state index in [-0.39, 0.29) is 19.5 Å². The second-order valence-corrected chi connectivity index (χ2v) is 5.87. The average Bonchev–Trinajstić information content (AvgIpc) is 2.90. The lowest BCUT2D eigenvalue weighted by atomic mass is 9.97. The normalized spacial score (nSPS) is 31.9. The standard InChI is InChI=1S/C14H16N2O4/c1-9-3-2-4-10(15-9)5-16-7-13(11(17)18)6-14(13,8-16)12(19)20/h2-4H,5-8H2,1H3,(H,17,18)(H,19,20)/t13-,14+. The van der Waals surface area contributed by atoms with Gasteiger partial charge in [-0.2, -0.15) is 0 Å². The second kappa shape index (κ2) is 4.02. The lowest BCUT2D eigenvalue weighted by Gasteiger charge is -2.19. The van der Waals surface area contributed by atoms with Crippen molar-refractivity contribution in [3.63, 3.8) is 0 Å². The quantitative estimate of drug-likeness (QED) is 0.843. The van der Waals surface area contributed by atoms with Gasteiger partial charge < -0.3 is 10.2 Å². The molecule has 2 heterocycles. The number of hydrogen-bond acceptors (Lipinski definition) is 4. The molecule has 0 amide bonds. The summed E-state index contributed by atoms with van der Waals surface area (Å²) in [4.78, 5) is 29.1. The molecule has 1 saturated carbocycles. The number of rotatable bonds is 4. The van der Waals surface area contributed by atoms with Crippen LogP contribution < -0.4 is 0 Å². The molecule has 2 fully saturated rings. The zero-order chi connectivity index (χ0) is 14.5. The Morgan fingerprint density at radius 2 is 1.85 bits per heavy atom. The maximum Gasteiger partial charge on any atom is 0.312 e. The molecule has 2 atom stereocenters. The van der Waals surface area contributed by atoms with Gasteiger partial charge in [-0.1, -0.05) is 6.07 Å². The van der Waals surface area contributed by atoms with E-state index in [1.165, 1.54) is 0 Å². The van der Waals surface area contributed by atoms with Crippen molar-refractivity contribution in [2.45, 2.75) is 19.9 Å². The first-order valence-electron chi connectivity index (χ1n) is 6.51. The van der Waals surface area contributed by atoms with E-state index in [1.54, 1.807) is 0 Å². The van der Waals surface area contributed by atoms with Crippen molar-refractivity contribution in [3.05, 3.63) is 29.6 Å². The number of aliphatic carboxylic acids is 2. The molecular weight excluding hydrogens is 260 g/mol. The minimum atomic E-state index is -1.11. The molecule has 1 aliphatic heterocycles. The van der Waals surface area contributed by atoms with Crippen molar-refractivity contribution in [2.75, 3.05) is 13.1 Å². The maximum absolute atomic E-state index is 11.4. The van der Waals surface area contributed by atoms with Crippen molar-refractivity contribution in [1.29, 1.82) is 0 Å². The molecule has 2 aliphatic rings. The summed E-state index contributed by atoms with van der Waals surface area (Å²) in [5, 5.41) is 18.7. The van der Waals surface area contributed by atoms with Crippen LogP contribution in [-0.4, -0.2) is 45.1 Å². The molecule has 106 valence electrons. The molecule has 3 rings (SSSR count). The highest BCUT2D eigenvalue weighted by atomic mass is 16.4. The molecule has 0 spiro atoms. The summed E-state index contributed by atoms with van der Waals surface area (Å²) in [5.74, 6) is -2.00. The Bertz CT molecular complexity index is 575. The van der Waals surface area contributed by atoms with Crippen LogP contribution in [0.2, 0.25) is 0 Å². The van der Waals surface area contributed by atoms with E-state index >= 15 is 0 Å². The third-order valence-corrected chi connectivity index (χ3v) is 4.53. The first-order valence-corrected chi connectivity index (χ1v) is 6.51. The molecule has 1 aromatic heterocycles. The number of pyridine rings is 1. The third kappa shape index (κ3) is 1.64. The van der Waals surface area contributed by atoms with Crippen molar-refractivity contribution in [3.8, 4) is 0 Å². The average molecular weight is 276 g/mol. The molecular formula is C14H16N2O4. The van der Waals surface area contributed by atoms with Gasteiger partial charge in [0, 0.05) is 25.3 Å². The molecule has 2 N–H and O–H groups in total. The monoisotopic (exact) mass is 276 g/mol. The molecule has 0 unspecified atom stereocenters. The van der Waals surface area contributed by atoms with Gasteiger partial charge in [0.1, 0.15) is 0 Å². The van der Waals surface area contributed by atoms with E-state index in [4.69, 9.17) is 0 Å². The van der Waals surface area contributed by atoms with Crippen LogP contribution in [0.4, 0.5) is 0 Å². The Labute approximate surface area is 116 Å². The van der Waals surface area contributed by atoms with Gasteiger partial charge in [-0.3, -0.25) is 19.5 Å². The molecule has 0 aromatic carbocycles. The SMILES string of the molecule is Cc1cccc(CN2C[C@@]3(C(=O)O)C[C@@]3(C(=O)O)C2)n1. The summed E-state index contributed by atoms with van der Waals surface area (Å²) in [7, 11) is 0. The molecule has 1 saturated heterocycles. The van der Waals surface area contributed by atoms with Gasteiger partial charge in [-0.15, -0.1) is 0 Å². The van der Waals surface area contributed by atoms with Gasteiger partial charge in [0.15, 0.2) is 0 Å². The fourth-order valence-corrected chi connectivity index (χ4v) is 3.43. The summed E-state index contributed by atoms with van der Waals surface area (Å²) in [6.07, 6.45) is 0.239.